The molecule has 0 saturated carbocycles. The Hall–Kier alpha value is -2.74. The Kier molecular flexibility index (Phi) is 3.83. The molecule has 0 amide bonds. The molecule has 23 heavy (non-hydrogen) atoms. The second-order valence-electron chi connectivity index (χ2n) is 4.94. The quantitative estimate of drug-likeness (QED) is 0.633. The second-order valence-corrected chi connectivity index (χ2v) is 7.03. The monoisotopic (exact) mass is 332 g/mol. The van der Waals surface area contributed by atoms with Crippen LogP contribution >= 0.6 is 0 Å². The van der Waals surface area contributed by atoms with E-state index in [1.54, 1.807) is 24.3 Å². The standard InChI is InChI=1S/C15H12N2O5S/c18-17(19)12-6-4-5-11(9-12)14-10-15(22-16-14)23(20,21)13-7-2-1-3-8-13/h1-9,15H,10H2. The van der Waals surface area contributed by atoms with Gasteiger partial charge in [0.25, 0.3) is 5.69 Å². The molecule has 0 spiro atoms. The average Bonchev–Trinajstić information content (AvgIpc) is 3.06. The summed E-state index contributed by atoms with van der Waals surface area (Å²) in [6.45, 7) is 0. The molecule has 2 aromatic rings. The predicted molar refractivity (Wildman–Crippen MR) is 82.8 cm³/mol. The molecule has 0 N–H and O–H groups in total. The highest BCUT2D eigenvalue weighted by atomic mass is 32.2. The normalized spacial score (nSPS) is 17.4. The highest BCUT2D eigenvalue weighted by molar-refractivity contribution is 7.92. The van der Waals surface area contributed by atoms with Gasteiger partial charge in [0.15, 0.2) is 0 Å². The van der Waals surface area contributed by atoms with Crippen molar-refractivity contribution in [2.24, 2.45) is 5.16 Å². The van der Waals surface area contributed by atoms with E-state index < -0.39 is 20.2 Å². The molecule has 0 aromatic heterocycles. The van der Waals surface area contributed by atoms with Gasteiger partial charge in [-0.1, -0.05) is 35.5 Å². The number of non-ortho nitro benzene ring substituents is 1. The minimum Gasteiger partial charge on any atom is -0.375 e. The Morgan fingerprint density at radius 3 is 2.57 bits per heavy atom. The van der Waals surface area contributed by atoms with Gasteiger partial charge in [-0.05, 0) is 12.1 Å². The number of oxime groups is 1. The van der Waals surface area contributed by atoms with Crippen LogP contribution in [0.1, 0.15) is 12.0 Å². The molecule has 0 radical (unpaired) electrons. The molecule has 1 aliphatic rings. The maximum absolute atomic E-state index is 12.5. The molecule has 118 valence electrons. The minimum atomic E-state index is -3.68. The lowest BCUT2D eigenvalue weighted by Gasteiger charge is -2.09. The molecule has 1 aliphatic heterocycles. The van der Waals surface area contributed by atoms with Crippen LogP contribution in [0.3, 0.4) is 0 Å². The molecule has 0 aliphatic carbocycles. The van der Waals surface area contributed by atoms with Crippen LogP contribution in [0, 0.1) is 10.1 Å². The van der Waals surface area contributed by atoms with E-state index >= 15 is 0 Å². The summed E-state index contributed by atoms with van der Waals surface area (Å²) in [6, 6.07) is 13.8. The lowest BCUT2D eigenvalue weighted by molar-refractivity contribution is -0.384. The van der Waals surface area contributed by atoms with Crippen molar-refractivity contribution in [3.05, 3.63) is 70.3 Å². The van der Waals surface area contributed by atoms with Gasteiger partial charge in [-0.3, -0.25) is 10.1 Å². The third-order valence-electron chi connectivity index (χ3n) is 3.45. The molecule has 1 unspecified atom stereocenters. The summed E-state index contributed by atoms with van der Waals surface area (Å²) < 4.78 is 25.0. The van der Waals surface area contributed by atoms with E-state index in [4.69, 9.17) is 4.84 Å². The molecule has 3 rings (SSSR count). The Morgan fingerprint density at radius 2 is 1.87 bits per heavy atom. The summed E-state index contributed by atoms with van der Waals surface area (Å²) in [6.07, 6.45) is 0.0401. The van der Waals surface area contributed by atoms with Gasteiger partial charge in [0.05, 0.1) is 15.5 Å². The number of rotatable bonds is 4. The maximum atomic E-state index is 12.5. The maximum Gasteiger partial charge on any atom is 0.270 e. The number of nitrogens with zero attached hydrogens (tertiary/aromatic N) is 2. The van der Waals surface area contributed by atoms with Crippen molar-refractivity contribution in [1.29, 1.82) is 0 Å². The van der Waals surface area contributed by atoms with E-state index in [0.29, 0.717) is 11.3 Å². The number of benzene rings is 2. The van der Waals surface area contributed by atoms with Crippen LogP contribution in [0.2, 0.25) is 0 Å². The summed E-state index contributed by atoms with van der Waals surface area (Å²) in [5.41, 5.74) is -0.359. The van der Waals surface area contributed by atoms with E-state index in [0.717, 1.165) is 0 Å². The largest absolute Gasteiger partial charge is 0.375 e. The number of nitro groups is 1. The summed E-state index contributed by atoms with van der Waals surface area (Å²) >= 11 is 0. The van der Waals surface area contributed by atoms with Crippen molar-refractivity contribution in [1.82, 2.24) is 0 Å². The van der Waals surface area contributed by atoms with Crippen molar-refractivity contribution in [3.8, 4) is 0 Å². The predicted octanol–water partition coefficient (Wildman–Crippen LogP) is 2.52. The fraction of sp³-hybridized carbons (Fsp3) is 0.133. The van der Waals surface area contributed by atoms with E-state index in [1.165, 1.54) is 30.3 Å². The fourth-order valence-electron chi connectivity index (χ4n) is 2.25. The van der Waals surface area contributed by atoms with Crippen LogP contribution in [0.25, 0.3) is 0 Å². The van der Waals surface area contributed by atoms with Crippen molar-refractivity contribution < 1.29 is 18.2 Å². The van der Waals surface area contributed by atoms with Gasteiger partial charge in [-0.15, -0.1) is 0 Å². The summed E-state index contributed by atoms with van der Waals surface area (Å²) in [5, 5.41) is 14.6. The minimum absolute atomic E-state index is 0.0401. The molecule has 7 nitrogen and oxygen atoms in total. The molecule has 2 aromatic carbocycles. The van der Waals surface area contributed by atoms with Crippen LogP contribution < -0.4 is 0 Å². The molecule has 1 heterocycles. The molecular weight excluding hydrogens is 320 g/mol. The third-order valence-corrected chi connectivity index (χ3v) is 5.32. The van der Waals surface area contributed by atoms with Crippen molar-refractivity contribution in [2.45, 2.75) is 16.8 Å². The highest BCUT2D eigenvalue weighted by Crippen LogP contribution is 2.27. The SMILES string of the molecule is O=[N+]([O-])c1cccc(C2=NOC(S(=O)(=O)c3ccccc3)C2)c1. The van der Waals surface area contributed by atoms with Gasteiger partial charge in [0.2, 0.25) is 15.3 Å². The smallest absolute Gasteiger partial charge is 0.270 e. The Bertz CT molecular complexity index is 878. The van der Waals surface area contributed by atoms with Gasteiger partial charge >= 0.3 is 0 Å². The number of sulfone groups is 1. The molecule has 8 heteroatoms. The van der Waals surface area contributed by atoms with Gasteiger partial charge in [0, 0.05) is 24.1 Å². The lowest BCUT2D eigenvalue weighted by atomic mass is 10.1. The lowest BCUT2D eigenvalue weighted by Crippen LogP contribution is -2.21. The molecule has 1 atom stereocenters. The Balaban J connectivity index is 1.83. The molecular formula is C15H12N2O5S. The van der Waals surface area contributed by atoms with Crippen LogP contribution in [0.15, 0.2) is 64.6 Å². The van der Waals surface area contributed by atoms with Crippen molar-refractivity contribution in [2.75, 3.05) is 0 Å². The average molecular weight is 332 g/mol. The second kappa shape index (κ2) is 5.81. The van der Waals surface area contributed by atoms with E-state index in [2.05, 4.69) is 5.16 Å². The van der Waals surface area contributed by atoms with Crippen LogP contribution in [-0.2, 0) is 14.7 Å². The van der Waals surface area contributed by atoms with Crippen molar-refractivity contribution in [3.63, 3.8) is 0 Å². The topological polar surface area (TPSA) is 98.9 Å². The van der Waals surface area contributed by atoms with E-state index in [-0.39, 0.29) is 17.0 Å². The zero-order chi connectivity index (χ0) is 16.4. The first-order valence-electron chi connectivity index (χ1n) is 6.75. The van der Waals surface area contributed by atoms with Gasteiger partial charge < -0.3 is 4.84 Å². The van der Waals surface area contributed by atoms with Crippen LogP contribution in [0.4, 0.5) is 5.69 Å². The first-order chi connectivity index (χ1) is 11.0. The fourth-order valence-corrected chi connectivity index (χ4v) is 3.63. The first kappa shape index (κ1) is 15.2. The van der Waals surface area contributed by atoms with Gasteiger partial charge in [-0.25, -0.2) is 8.42 Å². The molecule has 0 bridgehead atoms. The van der Waals surface area contributed by atoms with Crippen LogP contribution in [0.5, 0.6) is 0 Å². The van der Waals surface area contributed by atoms with Crippen molar-refractivity contribution >= 4 is 21.2 Å². The summed E-state index contributed by atoms with van der Waals surface area (Å²) in [7, 11) is -3.68. The van der Waals surface area contributed by atoms with E-state index in [9.17, 15) is 18.5 Å². The third kappa shape index (κ3) is 2.93. The number of nitro benzene ring substituents is 1. The van der Waals surface area contributed by atoms with E-state index in [1.807, 2.05) is 0 Å². The van der Waals surface area contributed by atoms with Crippen LogP contribution in [-0.4, -0.2) is 24.5 Å². The molecule has 0 fully saturated rings. The number of hydrogen-bond acceptors (Lipinski definition) is 6. The van der Waals surface area contributed by atoms with Gasteiger partial charge in [0.1, 0.15) is 0 Å². The Labute approximate surface area is 132 Å². The zero-order valence-corrected chi connectivity index (χ0v) is 12.6. The Morgan fingerprint density at radius 1 is 1.13 bits per heavy atom. The highest BCUT2D eigenvalue weighted by Gasteiger charge is 2.35. The number of hydrogen-bond donors (Lipinski definition) is 0. The van der Waals surface area contributed by atoms with Gasteiger partial charge in [-0.2, -0.15) is 0 Å². The first-order valence-corrected chi connectivity index (χ1v) is 8.29. The summed E-state index contributed by atoms with van der Waals surface area (Å²) in [4.78, 5) is 15.5. The molecule has 0 saturated heterocycles. The summed E-state index contributed by atoms with van der Waals surface area (Å²) in [5.74, 6) is 0. The zero-order valence-electron chi connectivity index (χ0n) is 11.8.